The summed E-state index contributed by atoms with van der Waals surface area (Å²) in [5, 5.41) is 6.70. The molecule has 1 atom stereocenters. The Morgan fingerprint density at radius 3 is 3.00 bits per heavy atom. The van der Waals surface area contributed by atoms with Crippen LogP contribution in [0.2, 0.25) is 0 Å². The van der Waals surface area contributed by atoms with Gasteiger partial charge in [0, 0.05) is 45.5 Å². The Bertz CT molecular complexity index is 778. The highest BCUT2D eigenvalue weighted by molar-refractivity contribution is 5.88. The van der Waals surface area contributed by atoms with Gasteiger partial charge >= 0.3 is 0 Å². The van der Waals surface area contributed by atoms with E-state index >= 15 is 0 Å². The Kier molecular flexibility index (Phi) is 6.12. The van der Waals surface area contributed by atoms with Gasteiger partial charge in [-0.15, -0.1) is 0 Å². The Labute approximate surface area is 157 Å². The molecule has 0 spiro atoms. The van der Waals surface area contributed by atoms with E-state index in [1.165, 1.54) is 0 Å². The predicted octanol–water partition coefficient (Wildman–Crippen LogP) is 0.512. The third-order valence-corrected chi connectivity index (χ3v) is 4.55. The number of rotatable bonds is 7. The van der Waals surface area contributed by atoms with Gasteiger partial charge in [-0.3, -0.25) is 19.5 Å². The minimum atomic E-state index is -0.507. The van der Waals surface area contributed by atoms with Crippen molar-refractivity contribution in [3.05, 3.63) is 41.8 Å². The lowest BCUT2D eigenvalue weighted by Crippen LogP contribution is -2.56. The molecule has 1 aliphatic rings. The molecule has 0 aliphatic carbocycles. The molecule has 27 heavy (non-hydrogen) atoms. The third-order valence-electron chi connectivity index (χ3n) is 4.55. The minimum Gasteiger partial charge on any atom is -0.353 e. The minimum absolute atomic E-state index is 0.108. The molecule has 9 nitrogen and oxygen atoms in total. The summed E-state index contributed by atoms with van der Waals surface area (Å²) in [6.07, 6.45) is 3.60. The predicted molar refractivity (Wildman–Crippen MR) is 96.2 cm³/mol. The summed E-state index contributed by atoms with van der Waals surface area (Å²) >= 11 is 0. The molecule has 0 bridgehead atoms. The normalized spacial score (nSPS) is 17.6. The Morgan fingerprint density at radius 2 is 2.33 bits per heavy atom. The van der Waals surface area contributed by atoms with E-state index < -0.39 is 6.04 Å². The average molecular weight is 372 g/mol. The van der Waals surface area contributed by atoms with Crippen molar-refractivity contribution in [1.29, 1.82) is 0 Å². The van der Waals surface area contributed by atoms with Gasteiger partial charge in [0.25, 0.3) is 0 Å². The van der Waals surface area contributed by atoms with Gasteiger partial charge in [0.05, 0.1) is 19.0 Å². The van der Waals surface area contributed by atoms with Crippen LogP contribution >= 0.6 is 0 Å². The Morgan fingerprint density at radius 1 is 1.48 bits per heavy atom. The van der Waals surface area contributed by atoms with E-state index in [2.05, 4.69) is 20.4 Å². The number of amides is 2. The lowest BCUT2D eigenvalue weighted by atomic mass is 10.1. The number of carbonyl (C=O) groups is 2. The molecule has 1 saturated heterocycles. The molecule has 1 N–H and O–H groups in total. The highest BCUT2D eigenvalue weighted by atomic mass is 16.5. The van der Waals surface area contributed by atoms with Crippen LogP contribution in [0.15, 0.2) is 29.0 Å². The molecule has 2 aromatic heterocycles. The number of pyridine rings is 1. The van der Waals surface area contributed by atoms with E-state index in [1.54, 1.807) is 24.2 Å². The maximum atomic E-state index is 12.8. The van der Waals surface area contributed by atoms with Gasteiger partial charge in [-0.1, -0.05) is 11.2 Å². The second-order valence-corrected chi connectivity index (χ2v) is 6.48. The zero-order chi connectivity index (χ0) is 19.2. The molecular weight excluding hydrogens is 348 g/mol. The smallest absolute Gasteiger partial charge is 0.237 e. The first-order valence-electron chi connectivity index (χ1n) is 9.04. The van der Waals surface area contributed by atoms with Crippen LogP contribution in [0, 0.1) is 6.92 Å². The van der Waals surface area contributed by atoms with Gasteiger partial charge < -0.3 is 14.7 Å². The summed E-state index contributed by atoms with van der Waals surface area (Å²) in [5.74, 6) is 0.689. The van der Waals surface area contributed by atoms with Crippen molar-refractivity contribution in [2.75, 3.05) is 19.6 Å². The van der Waals surface area contributed by atoms with Crippen molar-refractivity contribution in [3.63, 3.8) is 0 Å². The molecule has 1 unspecified atom stereocenters. The lowest BCUT2D eigenvalue weighted by molar-refractivity contribution is -0.139. The average Bonchev–Trinajstić information content (AvgIpc) is 3.08. The monoisotopic (exact) mass is 372 g/mol. The van der Waals surface area contributed by atoms with Crippen LogP contribution < -0.4 is 5.32 Å². The van der Waals surface area contributed by atoms with Gasteiger partial charge in [-0.05, 0) is 18.6 Å². The van der Waals surface area contributed by atoms with E-state index in [0.717, 1.165) is 5.56 Å². The van der Waals surface area contributed by atoms with Crippen molar-refractivity contribution in [3.8, 4) is 0 Å². The SMILES string of the molecule is CCN(Cc1noc(C)n1)C(=O)CC1C(=O)NCCN1Cc1cccnc1. The Hall–Kier alpha value is -2.81. The molecule has 0 aromatic carbocycles. The van der Waals surface area contributed by atoms with E-state index in [-0.39, 0.29) is 24.8 Å². The van der Waals surface area contributed by atoms with Gasteiger partial charge in [-0.2, -0.15) is 4.98 Å². The summed E-state index contributed by atoms with van der Waals surface area (Å²) < 4.78 is 4.96. The van der Waals surface area contributed by atoms with Gasteiger partial charge in [0.2, 0.25) is 17.7 Å². The molecule has 1 fully saturated rings. The number of carbonyl (C=O) groups excluding carboxylic acids is 2. The van der Waals surface area contributed by atoms with Crippen LogP contribution in [-0.2, 0) is 22.7 Å². The number of aromatic nitrogens is 3. The van der Waals surface area contributed by atoms with Gasteiger partial charge in [0.1, 0.15) is 0 Å². The zero-order valence-corrected chi connectivity index (χ0v) is 15.6. The molecule has 3 heterocycles. The van der Waals surface area contributed by atoms with E-state index in [1.807, 2.05) is 24.0 Å². The van der Waals surface area contributed by atoms with Crippen LogP contribution in [0.25, 0.3) is 0 Å². The second-order valence-electron chi connectivity index (χ2n) is 6.48. The second kappa shape index (κ2) is 8.72. The molecule has 0 saturated carbocycles. The lowest BCUT2D eigenvalue weighted by Gasteiger charge is -2.35. The van der Waals surface area contributed by atoms with E-state index in [0.29, 0.717) is 37.9 Å². The first-order valence-corrected chi connectivity index (χ1v) is 9.04. The fourth-order valence-electron chi connectivity index (χ4n) is 3.15. The number of piperazine rings is 1. The summed E-state index contributed by atoms with van der Waals surface area (Å²) in [4.78, 5) is 37.2. The Balaban J connectivity index is 1.67. The van der Waals surface area contributed by atoms with Crippen LogP contribution in [0.1, 0.15) is 30.6 Å². The number of nitrogens with zero attached hydrogens (tertiary/aromatic N) is 5. The van der Waals surface area contributed by atoms with E-state index in [9.17, 15) is 9.59 Å². The van der Waals surface area contributed by atoms with E-state index in [4.69, 9.17) is 4.52 Å². The fourth-order valence-corrected chi connectivity index (χ4v) is 3.15. The third kappa shape index (κ3) is 4.88. The highest BCUT2D eigenvalue weighted by Crippen LogP contribution is 2.15. The van der Waals surface area contributed by atoms with Crippen LogP contribution in [-0.4, -0.2) is 62.4 Å². The van der Waals surface area contributed by atoms with Crippen molar-refractivity contribution in [2.45, 2.75) is 39.4 Å². The first-order chi connectivity index (χ1) is 13.1. The maximum absolute atomic E-state index is 12.8. The molecule has 2 amide bonds. The van der Waals surface area contributed by atoms with Gasteiger partial charge in [-0.25, -0.2) is 0 Å². The molecule has 0 radical (unpaired) electrons. The molecule has 1 aliphatic heterocycles. The summed E-state index contributed by atoms with van der Waals surface area (Å²) in [7, 11) is 0. The topological polar surface area (TPSA) is 104 Å². The maximum Gasteiger partial charge on any atom is 0.237 e. The van der Waals surface area contributed by atoms with Crippen molar-refractivity contribution >= 4 is 11.8 Å². The molecule has 2 aromatic rings. The fraction of sp³-hybridized carbons (Fsp3) is 0.500. The highest BCUT2D eigenvalue weighted by Gasteiger charge is 2.33. The van der Waals surface area contributed by atoms with Gasteiger partial charge in [0.15, 0.2) is 5.82 Å². The zero-order valence-electron chi connectivity index (χ0n) is 15.6. The van der Waals surface area contributed by atoms with Crippen molar-refractivity contribution in [1.82, 2.24) is 30.2 Å². The molecule has 3 rings (SSSR count). The quantitative estimate of drug-likeness (QED) is 0.755. The first kappa shape index (κ1) is 19.0. The molecule has 9 heteroatoms. The summed E-state index contributed by atoms with van der Waals surface area (Å²) in [6, 6.07) is 3.33. The molecular formula is C18H24N6O3. The number of hydrogen-bond acceptors (Lipinski definition) is 7. The standard InChI is InChI=1S/C18H24N6O3/c1-3-23(12-16-21-13(2)27-22-16)17(25)9-15-18(26)20-7-8-24(15)11-14-5-4-6-19-10-14/h4-6,10,15H,3,7-9,11-12H2,1-2H3,(H,20,26). The number of hydrogen-bond donors (Lipinski definition) is 1. The van der Waals surface area contributed by atoms with Crippen LogP contribution in [0.3, 0.4) is 0 Å². The number of aryl methyl sites for hydroxylation is 1. The van der Waals surface area contributed by atoms with Crippen molar-refractivity contribution < 1.29 is 14.1 Å². The number of nitrogens with one attached hydrogen (secondary N) is 1. The summed E-state index contributed by atoms with van der Waals surface area (Å²) in [6.45, 7) is 6.21. The van der Waals surface area contributed by atoms with Crippen LogP contribution in [0.5, 0.6) is 0 Å². The molecule has 144 valence electrons. The van der Waals surface area contributed by atoms with Crippen LogP contribution in [0.4, 0.5) is 0 Å². The van der Waals surface area contributed by atoms with Crippen molar-refractivity contribution in [2.24, 2.45) is 0 Å². The largest absolute Gasteiger partial charge is 0.353 e. The summed E-state index contributed by atoms with van der Waals surface area (Å²) in [5.41, 5.74) is 1.01.